The molecule has 220 valence electrons. The van der Waals surface area contributed by atoms with E-state index in [9.17, 15) is 18.0 Å². The Morgan fingerprint density at radius 3 is 2.15 bits per heavy atom. The van der Waals surface area contributed by atoms with Gasteiger partial charge in [-0.05, 0) is 67.3 Å². The van der Waals surface area contributed by atoms with E-state index in [-0.39, 0.29) is 29.0 Å². The highest BCUT2D eigenvalue weighted by Crippen LogP contribution is 2.33. The Labute approximate surface area is 243 Å². The monoisotopic (exact) mass is 581 g/mol. The lowest BCUT2D eigenvalue weighted by molar-refractivity contribution is -0.139. The minimum absolute atomic E-state index is 0.0285. The van der Waals surface area contributed by atoms with Crippen LogP contribution in [0.25, 0.3) is 0 Å². The summed E-state index contributed by atoms with van der Waals surface area (Å²) in [4.78, 5) is 28.6. The molecule has 0 saturated heterocycles. The number of anilines is 1. The van der Waals surface area contributed by atoms with Gasteiger partial charge in [0.05, 0.1) is 24.8 Å². The van der Waals surface area contributed by atoms with E-state index in [1.54, 1.807) is 74.7 Å². The topological polar surface area (TPSA) is 105 Å². The Morgan fingerprint density at radius 1 is 0.902 bits per heavy atom. The summed E-state index contributed by atoms with van der Waals surface area (Å²) >= 11 is 0. The fourth-order valence-corrected chi connectivity index (χ4v) is 5.63. The van der Waals surface area contributed by atoms with Crippen molar-refractivity contribution in [1.29, 1.82) is 0 Å². The number of rotatable bonds is 13. The number of hydrogen-bond acceptors (Lipinski definition) is 6. The summed E-state index contributed by atoms with van der Waals surface area (Å²) in [5, 5.41) is 2.88. The Bertz CT molecular complexity index is 1430. The lowest BCUT2D eigenvalue weighted by Crippen LogP contribution is -2.51. The first kappa shape index (κ1) is 31.5. The largest absolute Gasteiger partial charge is 0.497 e. The van der Waals surface area contributed by atoms with Gasteiger partial charge in [-0.25, -0.2) is 8.42 Å². The van der Waals surface area contributed by atoms with E-state index in [1.165, 1.54) is 24.1 Å². The van der Waals surface area contributed by atoms with Crippen LogP contribution in [-0.2, 0) is 26.2 Å². The third kappa shape index (κ3) is 8.00. The van der Waals surface area contributed by atoms with E-state index in [0.29, 0.717) is 18.0 Å². The molecule has 41 heavy (non-hydrogen) atoms. The Hall–Kier alpha value is -4.05. The van der Waals surface area contributed by atoms with Crippen LogP contribution in [0.15, 0.2) is 77.7 Å². The van der Waals surface area contributed by atoms with Crippen molar-refractivity contribution in [3.05, 3.63) is 83.9 Å². The number of methoxy groups -OCH3 is 2. The SMILES string of the molecule is COc1ccc(CN(C(=O)CN(c2cc(C)ccc2OC)S(=O)(=O)c2ccccc2)C(C)C(=O)NCC(C)C)cc1. The molecule has 10 heteroatoms. The van der Waals surface area contributed by atoms with E-state index >= 15 is 0 Å². The zero-order valence-electron chi connectivity index (χ0n) is 24.5. The molecule has 1 unspecified atom stereocenters. The molecule has 0 spiro atoms. The van der Waals surface area contributed by atoms with Crippen molar-refractivity contribution in [1.82, 2.24) is 10.2 Å². The van der Waals surface area contributed by atoms with E-state index in [1.807, 2.05) is 20.8 Å². The Kier molecular flexibility index (Phi) is 10.8. The normalized spacial score (nSPS) is 12.0. The molecule has 1 N–H and O–H groups in total. The van der Waals surface area contributed by atoms with Crippen molar-refractivity contribution in [2.45, 2.75) is 45.2 Å². The number of hydrogen-bond donors (Lipinski definition) is 1. The van der Waals surface area contributed by atoms with Crippen LogP contribution in [-0.4, -0.2) is 58.5 Å². The average Bonchev–Trinajstić information content (AvgIpc) is 2.97. The van der Waals surface area contributed by atoms with Gasteiger partial charge in [0.2, 0.25) is 11.8 Å². The summed E-state index contributed by atoms with van der Waals surface area (Å²) < 4.78 is 39.8. The van der Waals surface area contributed by atoms with E-state index in [0.717, 1.165) is 15.4 Å². The van der Waals surface area contributed by atoms with E-state index in [2.05, 4.69) is 5.32 Å². The van der Waals surface area contributed by atoms with Gasteiger partial charge in [0.25, 0.3) is 10.0 Å². The zero-order chi connectivity index (χ0) is 30.2. The summed E-state index contributed by atoms with van der Waals surface area (Å²) in [5.41, 5.74) is 1.78. The molecule has 1 atom stereocenters. The standard InChI is InChI=1S/C31H39N3O6S/c1-22(2)19-32-31(36)24(4)33(20-25-13-15-26(39-5)16-14-25)30(35)21-34(28-18-23(3)12-17-29(28)40-6)41(37,38)27-10-8-7-9-11-27/h7-18,22,24H,19-21H2,1-6H3,(H,32,36). The van der Waals surface area contributed by atoms with Crippen LogP contribution in [0.4, 0.5) is 5.69 Å². The predicted molar refractivity (Wildman–Crippen MR) is 160 cm³/mol. The summed E-state index contributed by atoms with van der Waals surface area (Å²) in [7, 11) is -1.18. The first-order valence-corrected chi connectivity index (χ1v) is 14.8. The maximum atomic E-state index is 14.1. The maximum Gasteiger partial charge on any atom is 0.264 e. The van der Waals surface area contributed by atoms with Crippen molar-refractivity contribution >= 4 is 27.5 Å². The summed E-state index contributed by atoms with van der Waals surface area (Å²) in [5.74, 6) is 0.299. The second-order valence-corrected chi connectivity index (χ2v) is 12.0. The van der Waals surface area contributed by atoms with Crippen LogP contribution in [0.2, 0.25) is 0 Å². The van der Waals surface area contributed by atoms with Crippen LogP contribution in [0.5, 0.6) is 11.5 Å². The molecule has 0 aliphatic rings. The van der Waals surface area contributed by atoms with Crippen molar-refractivity contribution < 1.29 is 27.5 Å². The molecule has 3 aromatic carbocycles. The first-order chi connectivity index (χ1) is 19.5. The smallest absolute Gasteiger partial charge is 0.264 e. The van der Waals surface area contributed by atoms with Crippen molar-refractivity contribution in [2.75, 3.05) is 31.6 Å². The van der Waals surface area contributed by atoms with Gasteiger partial charge in [-0.3, -0.25) is 13.9 Å². The van der Waals surface area contributed by atoms with Crippen LogP contribution in [0.3, 0.4) is 0 Å². The second kappa shape index (κ2) is 14.0. The maximum absolute atomic E-state index is 14.1. The van der Waals surface area contributed by atoms with E-state index < -0.39 is 28.5 Å². The molecule has 0 bridgehead atoms. The Balaban J connectivity index is 2.06. The minimum atomic E-state index is -4.19. The predicted octanol–water partition coefficient (Wildman–Crippen LogP) is 4.40. The summed E-state index contributed by atoms with van der Waals surface area (Å²) in [6.07, 6.45) is 0. The number of sulfonamides is 1. The molecule has 3 rings (SSSR count). The highest BCUT2D eigenvalue weighted by Gasteiger charge is 2.33. The molecule has 0 aliphatic heterocycles. The number of nitrogens with zero attached hydrogens (tertiary/aromatic N) is 2. The molecule has 0 radical (unpaired) electrons. The van der Waals surface area contributed by atoms with Crippen molar-refractivity contribution in [3.8, 4) is 11.5 Å². The zero-order valence-corrected chi connectivity index (χ0v) is 25.3. The van der Waals surface area contributed by atoms with Gasteiger partial charge in [-0.1, -0.05) is 50.2 Å². The molecular formula is C31H39N3O6S. The lowest BCUT2D eigenvalue weighted by Gasteiger charge is -2.32. The molecule has 0 saturated carbocycles. The number of benzene rings is 3. The van der Waals surface area contributed by atoms with Crippen molar-refractivity contribution in [2.24, 2.45) is 5.92 Å². The highest BCUT2D eigenvalue weighted by molar-refractivity contribution is 7.92. The minimum Gasteiger partial charge on any atom is -0.497 e. The molecule has 0 aliphatic carbocycles. The van der Waals surface area contributed by atoms with Gasteiger partial charge in [0.1, 0.15) is 24.1 Å². The number of nitrogens with one attached hydrogen (secondary N) is 1. The fraction of sp³-hybridized carbons (Fsp3) is 0.355. The number of amides is 2. The average molecular weight is 582 g/mol. The second-order valence-electron chi connectivity index (χ2n) is 10.2. The number of carbonyl (C=O) groups excluding carboxylic acids is 2. The van der Waals surface area contributed by atoms with Crippen LogP contribution in [0.1, 0.15) is 31.9 Å². The number of carbonyl (C=O) groups is 2. The van der Waals surface area contributed by atoms with Gasteiger partial charge < -0.3 is 19.7 Å². The molecule has 9 nitrogen and oxygen atoms in total. The fourth-order valence-electron chi connectivity index (χ4n) is 4.19. The molecule has 0 aromatic heterocycles. The van der Waals surface area contributed by atoms with E-state index in [4.69, 9.17) is 9.47 Å². The van der Waals surface area contributed by atoms with Gasteiger partial charge in [-0.15, -0.1) is 0 Å². The van der Waals surface area contributed by atoms with Gasteiger partial charge in [0.15, 0.2) is 0 Å². The van der Waals surface area contributed by atoms with Gasteiger partial charge >= 0.3 is 0 Å². The third-order valence-corrected chi connectivity index (χ3v) is 8.35. The van der Waals surface area contributed by atoms with Crippen LogP contribution in [0, 0.1) is 12.8 Å². The highest BCUT2D eigenvalue weighted by atomic mass is 32.2. The third-order valence-electron chi connectivity index (χ3n) is 6.58. The van der Waals surface area contributed by atoms with Gasteiger partial charge in [-0.2, -0.15) is 0 Å². The molecule has 2 amide bonds. The number of aryl methyl sites for hydroxylation is 1. The Morgan fingerprint density at radius 2 is 1.56 bits per heavy atom. The quantitative estimate of drug-likeness (QED) is 0.321. The molecule has 0 heterocycles. The van der Waals surface area contributed by atoms with Crippen LogP contribution < -0.4 is 19.1 Å². The summed E-state index contributed by atoms with van der Waals surface area (Å²) in [6, 6.07) is 19.3. The molecule has 0 fully saturated rings. The molecular weight excluding hydrogens is 542 g/mol. The van der Waals surface area contributed by atoms with Crippen molar-refractivity contribution in [3.63, 3.8) is 0 Å². The van der Waals surface area contributed by atoms with Crippen LogP contribution >= 0.6 is 0 Å². The first-order valence-electron chi connectivity index (χ1n) is 13.4. The number of ether oxygens (including phenoxy) is 2. The van der Waals surface area contributed by atoms with Gasteiger partial charge in [0, 0.05) is 13.1 Å². The lowest BCUT2D eigenvalue weighted by atomic mass is 10.1. The summed E-state index contributed by atoms with van der Waals surface area (Å²) in [6.45, 7) is 7.41. The molecule has 3 aromatic rings.